The Labute approximate surface area is 110 Å². The molecule has 1 aromatic rings. The molecule has 2 rings (SSSR count). The fourth-order valence-corrected chi connectivity index (χ4v) is 3.08. The number of piperidine rings is 1. The summed E-state index contributed by atoms with van der Waals surface area (Å²) in [4.78, 5) is 11.1. The first-order valence-electron chi connectivity index (χ1n) is 5.47. The summed E-state index contributed by atoms with van der Waals surface area (Å²) >= 11 is 7.63. The number of aliphatic hydroxyl groups excluding tert-OH is 1. The summed E-state index contributed by atoms with van der Waals surface area (Å²) in [6, 6.07) is 7.74. The number of hydrogen-bond acceptors (Lipinski definition) is 3. The average Bonchev–Trinajstić information content (AvgIpc) is 2.31. The minimum atomic E-state index is -0.861. The van der Waals surface area contributed by atoms with Crippen molar-refractivity contribution >= 4 is 29.3 Å². The van der Waals surface area contributed by atoms with E-state index in [0.29, 0.717) is 13.0 Å². The molecule has 0 bridgehead atoms. The van der Waals surface area contributed by atoms with Gasteiger partial charge in [-0.25, -0.2) is 0 Å². The Hall–Kier alpha value is -0.710. The number of thioether (sulfide) groups is 1. The topological polar surface area (TPSA) is 49.3 Å². The van der Waals surface area contributed by atoms with E-state index in [1.807, 2.05) is 24.3 Å². The van der Waals surface area contributed by atoms with Crippen LogP contribution in [0.15, 0.2) is 24.3 Å². The van der Waals surface area contributed by atoms with Crippen molar-refractivity contribution in [1.82, 2.24) is 5.32 Å². The number of carbonyl (C=O) groups is 1. The molecule has 0 saturated carbocycles. The summed E-state index contributed by atoms with van der Waals surface area (Å²) in [7, 11) is 0. The second-order valence-electron chi connectivity index (χ2n) is 4.06. The predicted molar refractivity (Wildman–Crippen MR) is 70.2 cm³/mol. The molecule has 1 aromatic carbocycles. The molecule has 0 aliphatic carbocycles. The van der Waals surface area contributed by atoms with Gasteiger partial charge in [-0.2, -0.15) is 11.8 Å². The summed E-state index contributed by atoms with van der Waals surface area (Å²) in [5.74, 6) is 0.581. The first-order valence-corrected chi connectivity index (χ1v) is 6.89. The van der Waals surface area contributed by atoms with E-state index in [-0.39, 0.29) is 11.2 Å². The summed E-state index contributed by atoms with van der Waals surface area (Å²) in [5, 5.41) is 13.1. The van der Waals surface area contributed by atoms with Crippen molar-refractivity contribution in [1.29, 1.82) is 0 Å². The molecule has 5 heteroatoms. The lowest BCUT2D eigenvalue weighted by Crippen LogP contribution is -2.46. The Morgan fingerprint density at radius 3 is 3.06 bits per heavy atom. The molecule has 1 heterocycles. The van der Waals surface area contributed by atoms with Crippen molar-refractivity contribution in [3.63, 3.8) is 0 Å². The smallest absolute Gasteiger partial charge is 0.248 e. The fourth-order valence-electron chi connectivity index (χ4n) is 1.74. The molecule has 1 aliphatic rings. The molecule has 0 aromatic heterocycles. The number of benzene rings is 1. The third kappa shape index (κ3) is 3.63. The van der Waals surface area contributed by atoms with Gasteiger partial charge in [0.15, 0.2) is 0 Å². The zero-order valence-electron chi connectivity index (χ0n) is 9.23. The summed E-state index contributed by atoms with van der Waals surface area (Å²) < 4.78 is 0. The standard InChI is InChI=1S/C12H14ClNO2S/c13-9-3-1-2-8(4-9)7-17-10-5-11(15)12(16)14-6-10/h1-4,10-11,15H,5-7H2,(H,14,16). The Bertz CT molecular complexity index is 413. The quantitative estimate of drug-likeness (QED) is 0.882. The first kappa shape index (κ1) is 12.7. The van der Waals surface area contributed by atoms with E-state index < -0.39 is 6.10 Å². The van der Waals surface area contributed by atoms with E-state index in [4.69, 9.17) is 11.6 Å². The van der Waals surface area contributed by atoms with Crippen molar-refractivity contribution in [2.45, 2.75) is 23.5 Å². The van der Waals surface area contributed by atoms with E-state index in [1.54, 1.807) is 11.8 Å². The zero-order valence-corrected chi connectivity index (χ0v) is 10.8. The Balaban J connectivity index is 1.84. The van der Waals surface area contributed by atoms with Gasteiger partial charge in [-0.15, -0.1) is 0 Å². The van der Waals surface area contributed by atoms with Crippen LogP contribution in [0.1, 0.15) is 12.0 Å². The highest BCUT2D eigenvalue weighted by Gasteiger charge is 2.26. The molecule has 2 N–H and O–H groups in total. The van der Waals surface area contributed by atoms with Gasteiger partial charge in [0.2, 0.25) is 5.91 Å². The number of rotatable bonds is 3. The molecular formula is C12H14ClNO2S. The normalized spacial score (nSPS) is 24.5. The number of halogens is 1. The van der Waals surface area contributed by atoms with Gasteiger partial charge in [-0.05, 0) is 24.1 Å². The van der Waals surface area contributed by atoms with Crippen LogP contribution in [0, 0.1) is 0 Å². The fraction of sp³-hybridized carbons (Fsp3) is 0.417. The van der Waals surface area contributed by atoms with Crippen LogP contribution in [0.4, 0.5) is 0 Å². The van der Waals surface area contributed by atoms with Crippen LogP contribution in [0.3, 0.4) is 0 Å². The van der Waals surface area contributed by atoms with Crippen molar-refractivity contribution in [2.75, 3.05) is 6.54 Å². The maximum Gasteiger partial charge on any atom is 0.248 e. The highest BCUT2D eigenvalue weighted by molar-refractivity contribution is 7.99. The van der Waals surface area contributed by atoms with E-state index in [1.165, 1.54) is 0 Å². The summed E-state index contributed by atoms with van der Waals surface area (Å²) in [6.45, 7) is 0.626. The third-order valence-corrected chi connectivity index (χ3v) is 4.23. The number of amides is 1. The monoisotopic (exact) mass is 271 g/mol. The van der Waals surface area contributed by atoms with E-state index in [0.717, 1.165) is 16.3 Å². The third-order valence-electron chi connectivity index (χ3n) is 2.67. The van der Waals surface area contributed by atoms with E-state index in [9.17, 15) is 9.90 Å². The van der Waals surface area contributed by atoms with E-state index >= 15 is 0 Å². The zero-order chi connectivity index (χ0) is 12.3. The van der Waals surface area contributed by atoms with Crippen molar-refractivity contribution in [2.24, 2.45) is 0 Å². The maximum absolute atomic E-state index is 11.1. The molecule has 1 saturated heterocycles. The molecule has 0 radical (unpaired) electrons. The minimum absolute atomic E-state index is 0.260. The second kappa shape index (κ2) is 5.76. The van der Waals surface area contributed by atoms with Crippen LogP contribution in [-0.4, -0.2) is 28.9 Å². The number of carbonyl (C=O) groups excluding carboxylic acids is 1. The lowest BCUT2D eigenvalue weighted by atomic mass is 10.1. The van der Waals surface area contributed by atoms with Gasteiger partial charge in [0, 0.05) is 22.6 Å². The Kier molecular flexibility index (Phi) is 4.31. The highest BCUT2D eigenvalue weighted by atomic mass is 35.5. The SMILES string of the molecule is O=C1NCC(SCc2cccc(Cl)c2)CC1O. The van der Waals surface area contributed by atoms with Crippen LogP contribution < -0.4 is 5.32 Å². The van der Waals surface area contributed by atoms with Crippen LogP contribution in [0.2, 0.25) is 5.02 Å². The first-order chi connectivity index (χ1) is 8.15. The molecule has 1 aliphatic heterocycles. The van der Waals surface area contributed by atoms with Crippen LogP contribution >= 0.6 is 23.4 Å². The van der Waals surface area contributed by atoms with Crippen LogP contribution in [0.25, 0.3) is 0 Å². The maximum atomic E-state index is 11.1. The molecular weight excluding hydrogens is 258 g/mol. The summed E-state index contributed by atoms with van der Waals surface area (Å²) in [6.07, 6.45) is -0.336. The predicted octanol–water partition coefficient (Wildman–Crippen LogP) is 1.82. The molecule has 3 nitrogen and oxygen atoms in total. The molecule has 0 spiro atoms. The van der Waals surface area contributed by atoms with Crippen molar-refractivity contribution < 1.29 is 9.90 Å². The largest absolute Gasteiger partial charge is 0.383 e. The molecule has 2 unspecified atom stereocenters. The van der Waals surface area contributed by atoms with Gasteiger partial charge in [-0.1, -0.05) is 23.7 Å². The van der Waals surface area contributed by atoms with Gasteiger partial charge in [0.25, 0.3) is 0 Å². The van der Waals surface area contributed by atoms with Crippen molar-refractivity contribution in [3.05, 3.63) is 34.9 Å². The van der Waals surface area contributed by atoms with Crippen molar-refractivity contribution in [3.8, 4) is 0 Å². The molecule has 1 amide bonds. The molecule has 17 heavy (non-hydrogen) atoms. The number of nitrogens with one attached hydrogen (secondary N) is 1. The van der Waals surface area contributed by atoms with E-state index in [2.05, 4.69) is 5.32 Å². The number of hydrogen-bond donors (Lipinski definition) is 2. The number of aliphatic hydroxyl groups is 1. The second-order valence-corrected chi connectivity index (χ2v) is 5.78. The van der Waals surface area contributed by atoms with Crippen LogP contribution in [0.5, 0.6) is 0 Å². The molecule has 2 atom stereocenters. The van der Waals surface area contributed by atoms with Gasteiger partial charge < -0.3 is 10.4 Å². The Morgan fingerprint density at radius 2 is 2.35 bits per heavy atom. The summed E-state index contributed by atoms with van der Waals surface area (Å²) in [5.41, 5.74) is 1.16. The average molecular weight is 272 g/mol. The van der Waals surface area contributed by atoms with Gasteiger partial charge in [0.1, 0.15) is 6.10 Å². The molecule has 92 valence electrons. The van der Waals surface area contributed by atoms with Gasteiger partial charge >= 0.3 is 0 Å². The minimum Gasteiger partial charge on any atom is -0.383 e. The Morgan fingerprint density at radius 1 is 1.53 bits per heavy atom. The lowest BCUT2D eigenvalue weighted by molar-refractivity contribution is -0.131. The van der Waals surface area contributed by atoms with Crippen LogP contribution in [-0.2, 0) is 10.5 Å². The molecule has 1 fully saturated rings. The van der Waals surface area contributed by atoms with Gasteiger partial charge in [0.05, 0.1) is 0 Å². The van der Waals surface area contributed by atoms with Gasteiger partial charge in [-0.3, -0.25) is 4.79 Å². The lowest BCUT2D eigenvalue weighted by Gasteiger charge is -2.25. The highest BCUT2D eigenvalue weighted by Crippen LogP contribution is 2.24.